The van der Waals surface area contributed by atoms with Crippen molar-refractivity contribution in [1.82, 2.24) is 18.3 Å². The lowest BCUT2D eigenvalue weighted by molar-refractivity contribution is 0.667. The minimum Gasteiger partial charge on any atom is -0.312 e. The van der Waals surface area contributed by atoms with E-state index in [2.05, 4.69) is 238 Å². The predicted octanol–water partition coefficient (Wildman–Crippen LogP) is 17.5. The van der Waals surface area contributed by atoms with Gasteiger partial charge in [0.15, 0.2) is 0 Å². The maximum absolute atomic E-state index is 12.4. The summed E-state index contributed by atoms with van der Waals surface area (Å²) >= 11 is 0. The summed E-state index contributed by atoms with van der Waals surface area (Å²) in [6, 6.07) is 77.7. The fourth-order valence-electron chi connectivity index (χ4n) is 14.2. The van der Waals surface area contributed by atoms with Gasteiger partial charge in [0.2, 0.25) is 0 Å². The highest BCUT2D eigenvalue weighted by Gasteiger charge is 2.43. The highest BCUT2D eigenvalue weighted by Crippen LogP contribution is 2.59. The molecule has 16 rings (SSSR count). The van der Waals surface area contributed by atoms with Crippen molar-refractivity contribution in [2.75, 3.05) is 0 Å². The van der Waals surface area contributed by atoms with Crippen molar-refractivity contribution in [3.8, 4) is 63.2 Å². The third-order valence-electron chi connectivity index (χ3n) is 17.3. The number of fused-ring (bicyclic) bond motifs is 18. The fraction of sp³-hybridized carbons (Fsp3) is 0.0694. The molecule has 0 bridgehead atoms. The highest BCUT2D eigenvalue weighted by molar-refractivity contribution is 6.28. The maximum atomic E-state index is 12.4. The van der Waals surface area contributed by atoms with Crippen LogP contribution in [0, 0.1) is 34.0 Å². The van der Waals surface area contributed by atoms with Crippen LogP contribution in [0.1, 0.15) is 59.3 Å². The van der Waals surface area contributed by atoms with Gasteiger partial charge >= 0.3 is 0 Å². The van der Waals surface area contributed by atoms with E-state index in [4.69, 9.17) is 0 Å². The molecule has 14 aromatic rings. The third kappa shape index (κ3) is 5.82. The SMILES string of the molecule is CC1(C)c2ccccc2-c2c1c1c3ccccc3n(-c3c(-n4c5ccccc5c5ccccc54)c(C#N)c(-c4ccc(C#N)cc4)c(C#N)c3-n3c4ccccc4c4ccccc43)c1c1c3c(n(-c4ccccc4)c21)CCC=C3. The molecule has 0 saturated heterocycles. The Morgan fingerprint density at radius 1 is 0.430 bits per heavy atom. The predicted molar refractivity (Wildman–Crippen MR) is 321 cm³/mol. The van der Waals surface area contributed by atoms with Crippen LogP contribution in [0.3, 0.4) is 0 Å². The van der Waals surface area contributed by atoms with Gasteiger partial charge in [-0.25, -0.2) is 0 Å². The Bertz CT molecular complexity index is 4930. The minimum atomic E-state index is -0.462. The van der Waals surface area contributed by atoms with E-state index < -0.39 is 5.41 Å². The summed E-state index contributed by atoms with van der Waals surface area (Å²) in [6.45, 7) is 4.76. The topological polar surface area (TPSA) is 91.1 Å². The third-order valence-corrected chi connectivity index (χ3v) is 17.3. The van der Waals surface area contributed by atoms with Gasteiger partial charge in [-0.1, -0.05) is 172 Å². The molecule has 368 valence electrons. The Balaban J connectivity index is 1.26. The van der Waals surface area contributed by atoms with E-state index in [-0.39, 0.29) is 0 Å². The summed E-state index contributed by atoms with van der Waals surface area (Å²) in [4.78, 5) is 0. The zero-order valence-electron chi connectivity index (χ0n) is 43.3. The first-order chi connectivity index (χ1) is 38.9. The molecule has 0 fully saturated rings. The summed E-state index contributed by atoms with van der Waals surface area (Å²) in [5, 5.41) is 42.5. The Hall–Kier alpha value is -10.7. The van der Waals surface area contributed by atoms with E-state index in [1.54, 1.807) is 12.1 Å². The summed E-state index contributed by atoms with van der Waals surface area (Å²) in [5.74, 6) is 0. The van der Waals surface area contributed by atoms with E-state index in [0.29, 0.717) is 44.9 Å². The van der Waals surface area contributed by atoms with Gasteiger partial charge in [-0.05, 0) is 89.7 Å². The number of allylic oxidation sites excluding steroid dienone is 1. The van der Waals surface area contributed by atoms with Crippen molar-refractivity contribution >= 4 is 82.4 Å². The summed E-state index contributed by atoms with van der Waals surface area (Å²) < 4.78 is 9.59. The number of nitriles is 3. The fourth-order valence-corrected chi connectivity index (χ4v) is 14.2. The zero-order valence-corrected chi connectivity index (χ0v) is 43.3. The maximum Gasteiger partial charge on any atom is 0.102 e. The standard InChI is InChI=1S/C72H45N7/c1-72(2)55-29-13-6-26-50(55)63-66(72)64-51-27-11-19-35-61(51)79(70(64)65-52-28-12-18-34-60(52)76(69(63)65)45-20-4-3-5-21-45)71-67(77-56-30-14-7-22-46(56)47-23-8-15-31-57(47)77)53(41-74)62(44-38-36-43(40-73)37-39-44)54(42-75)68(71)78-58-32-16-9-24-48(58)49-25-10-17-33-59(49)78/h3-17,19-33,35-39H,18,34H2,1-2H3. The van der Waals surface area contributed by atoms with Gasteiger partial charge in [0, 0.05) is 71.2 Å². The van der Waals surface area contributed by atoms with Crippen LogP contribution in [0.2, 0.25) is 0 Å². The second-order valence-corrected chi connectivity index (χ2v) is 21.5. The molecule has 0 radical (unpaired) electrons. The Morgan fingerprint density at radius 2 is 0.924 bits per heavy atom. The van der Waals surface area contributed by atoms with Crippen molar-refractivity contribution in [2.24, 2.45) is 0 Å². The lowest BCUT2D eigenvalue weighted by Gasteiger charge is -2.27. The van der Waals surface area contributed by atoms with Gasteiger partial charge in [-0.15, -0.1) is 0 Å². The second kappa shape index (κ2) is 16.4. The Kier molecular flexibility index (Phi) is 9.28. The van der Waals surface area contributed by atoms with Crippen molar-refractivity contribution in [2.45, 2.75) is 32.1 Å². The van der Waals surface area contributed by atoms with Gasteiger partial charge in [0.05, 0.1) is 78.4 Å². The van der Waals surface area contributed by atoms with E-state index in [1.807, 2.05) is 12.1 Å². The van der Waals surface area contributed by atoms with Crippen LogP contribution >= 0.6 is 0 Å². The van der Waals surface area contributed by atoms with Crippen molar-refractivity contribution < 1.29 is 0 Å². The molecule has 0 unspecified atom stereocenters. The first-order valence-electron chi connectivity index (χ1n) is 26.9. The number of hydrogen-bond acceptors (Lipinski definition) is 3. The molecule has 0 saturated carbocycles. The molecular weight excluding hydrogens is 963 g/mol. The number of para-hydroxylation sites is 6. The van der Waals surface area contributed by atoms with Crippen LogP contribution in [-0.2, 0) is 11.8 Å². The summed E-state index contributed by atoms with van der Waals surface area (Å²) in [5.41, 5.74) is 19.1. The Labute approximate surface area is 454 Å². The minimum absolute atomic E-state index is 0.340. The normalized spacial score (nSPS) is 13.4. The number of rotatable bonds is 5. The van der Waals surface area contributed by atoms with E-state index in [0.717, 1.165) is 100 Å². The van der Waals surface area contributed by atoms with Crippen LogP contribution in [0.15, 0.2) is 206 Å². The quantitative estimate of drug-likeness (QED) is 0.172. The van der Waals surface area contributed by atoms with Gasteiger partial charge in [-0.3, -0.25) is 0 Å². The van der Waals surface area contributed by atoms with Gasteiger partial charge in [0.1, 0.15) is 12.1 Å². The molecule has 79 heavy (non-hydrogen) atoms. The molecule has 0 atom stereocenters. The molecule has 0 amide bonds. The summed E-state index contributed by atoms with van der Waals surface area (Å²) in [7, 11) is 0. The van der Waals surface area contributed by atoms with Crippen LogP contribution in [0.4, 0.5) is 0 Å². The lowest BCUT2D eigenvalue weighted by Crippen LogP contribution is -2.16. The van der Waals surface area contributed by atoms with Crippen LogP contribution in [0.5, 0.6) is 0 Å². The van der Waals surface area contributed by atoms with Crippen LogP contribution in [0.25, 0.3) is 127 Å². The van der Waals surface area contributed by atoms with Gasteiger partial charge in [-0.2, -0.15) is 15.8 Å². The molecule has 2 aliphatic carbocycles. The number of nitrogens with zero attached hydrogens (tertiary/aromatic N) is 7. The average molecular weight is 1010 g/mol. The number of aromatic nitrogens is 4. The molecule has 4 aromatic heterocycles. The molecule has 0 N–H and O–H groups in total. The molecule has 10 aromatic carbocycles. The van der Waals surface area contributed by atoms with Gasteiger partial charge < -0.3 is 18.3 Å². The van der Waals surface area contributed by atoms with E-state index in [1.165, 1.54) is 27.9 Å². The van der Waals surface area contributed by atoms with Crippen LogP contribution < -0.4 is 0 Å². The molecule has 7 nitrogen and oxygen atoms in total. The summed E-state index contributed by atoms with van der Waals surface area (Å²) in [6.07, 6.45) is 6.41. The molecular formula is C72H45N7. The molecule has 2 aliphatic rings. The number of hydrogen-bond donors (Lipinski definition) is 0. The largest absolute Gasteiger partial charge is 0.312 e. The van der Waals surface area contributed by atoms with E-state index in [9.17, 15) is 15.8 Å². The molecule has 7 heteroatoms. The Morgan fingerprint density at radius 3 is 1.47 bits per heavy atom. The van der Waals surface area contributed by atoms with Gasteiger partial charge in [0.25, 0.3) is 0 Å². The van der Waals surface area contributed by atoms with Crippen molar-refractivity contribution in [3.63, 3.8) is 0 Å². The van der Waals surface area contributed by atoms with E-state index >= 15 is 0 Å². The van der Waals surface area contributed by atoms with Crippen molar-refractivity contribution in [1.29, 1.82) is 15.8 Å². The van der Waals surface area contributed by atoms with Crippen molar-refractivity contribution in [3.05, 3.63) is 245 Å². The van der Waals surface area contributed by atoms with Crippen LogP contribution in [-0.4, -0.2) is 18.3 Å². The first-order valence-corrected chi connectivity index (χ1v) is 26.9. The molecule has 0 spiro atoms. The number of benzene rings is 10. The highest BCUT2D eigenvalue weighted by atomic mass is 15.1. The smallest absolute Gasteiger partial charge is 0.102 e. The first kappa shape index (κ1) is 44.6. The molecule has 0 aliphatic heterocycles. The zero-order chi connectivity index (χ0) is 52.8. The average Bonchev–Trinajstić information content (AvgIpc) is 3.56. The lowest BCUT2D eigenvalue weighted by atomic mass is 9.80. The monoisotopic (exact) mass is 1010 g/mol. The molecule has 4 heterocycles. The second-order valence-electron chi connectivity index (χ2n) is 21.5.